The van der Waals surface area contributed by atoms with Crippen LogP contribution in [-0.2, 0) is 0 Å². The highest BCUT2D eigenvalue weighted by Gasteiger charge is 2.21. The van der Waals surface area contributed by atoms with E-state index in [9.17, 15) is 0 Å². The van der Waals surface area contributed by atoms with Crippen molar-refractivity contribution in [1.82, 2.24) is 9.97 Å². The molecule has 3 nitrogen and oxygen atoms in total. The van der Waals surface area contributed by atoms with E-state index in [0.29, 0.717) is 5.92 Å². The van der Waals surface area contributed by atoms with Gasteiger partial charge in [-0.05, 0) is 18.8 Å². The van der Waals surface area contributed by atoms with Gasteiger partial charge in [-0.3, -0.25) is 0 Å². The molecule has 3 heteroatoms. The third kappa shape index (κ3) is 2.03. The molecule has 1 aliphatic carbocycles. The molecule has 76 valence electrons. The summed E-state index contributed by atoms with van der Waals surface area (Å²) >= 11 is 0. The van der Waals surface area contributed by atoms with Crippen LogP contribution in [-0.4, -0.2) is 15.1 Å². The summed E-state index contributed by atoms with van der Waals surface area (Å²) in [6.07, 6.45) is 7.89. The molecule has 1 aromatic heterocycles. The molecule has 1 saturated carbocycles. The summed E-state index contributed by atoms with van der Waals surface area (Å²) in [5, 5.41) is 9.07. The Bertz CT molecular complexity index is 289. The highest BCUT2D eigenvalue weighted by atomic mass is 16.3. The molecule has 1 N–H and O–H groups in total. The lowest BCUT2D eigenvalue weighted by atomic mass is 9.82. The van der Waals surface area contributed by atoms with E-state index in [4.69, 9.17) is 5.11 Å². The molecule has 0 unspecified atom stereocenters. The van der Waals surface area contributed by atoms with Crippen LogP contribution in [0.5, 0.6) is 5.75 Å². The largest absolute Gasteiger partial charge is 0.505 e. The Labute approximate surface area is 84.2 Å². The van der Waals surface area contributed by atoms with Gasteiger partial charge in [0.05, 0.1) is 12.4 Å². The summed E-state index contributed by atoms with van der Waals surface area (Å²) < 4.78 is 0. The Balaban J connectivity index is 2.05. The number of rotatable bonds is 1. The lowest BCUT2D eigenvalue weighted by Crippen LogP contribution is -2.13. The second-order valence-electron chi connectivity index (χ2n) is 4.26. The molecule has 0 atom stereocenters. The summed E-state index contributed by atoms with van der Waals surface area (Å²) in [7, 11) is 0. The van der Waals surface area contributed by atoms with Crippen molar-refractivity contribution in [2.24, 2.45) is 5.92 Å². The van der Waals surface area contributed by atoms with Crippen LogP contribution in [0.25, 0.3) is 0 Å². The van der Waals surface area contributed by atoms with E-state index in [1.165, 1.54) is 38.1 Å². The van der Waals surface area contributed by atoms with Gasteiger partial charge in [0.1, 0.15) is 5.82 Å². The molecule has 0 spiro atoms. The van der Waals surface area contributed by atoms with Crippen LogP contribution in [0.3, 0.4) is 0 Å². The van der Waals surface area contributed by atoms with E-state index >= 15 is 0 Å². The van der Waals surface area contributed by atoms with Crippen LogP contribution in [0, 0.1) is 5.92 Å². The van der Waals surface area contributed by atoms with Crippen LogP contribution in [0.1, 0.15) is 44.3 Å². The van der Waals surface area contributed by atoms with Gasteiger partial charge in [0.25, 0.3) is 0 Å². The summed E-state index contributed by atoms with van der Waals surface area (Å²) in [6, 6.07) is 0. The van der Waals surface area contributed by atoms with Crippen LogP contribution >= 0.6 is 0 Å². The van der Waals surface area contributed by atoms with E-state index < -0.39 is 0 Å². The highest BCUT2D eigenvalue weighted by molar-refractivity contribution is 5.11. The van der Waals surface area contributed by atoms with Crippen molar-refractivity contribution in [2.45, 2.75) is 38.5 Å². The Kier molecular flexibility index (Phi) is 2.66. The Hall–Kier alpha value is -1.12. The van der Waals surface area contributed by atoms with Crippen LogP contribution in [0.4, 0.5) is 0 Å². The van der Waals surface area contributed by atoms with E-state index in [2.05, 4.69) is 16.9 Å². The Morgan fingerprint density at radius 3 is 2.29 bits per heavy atom. The molecule has 2 rings (SSSR count). The van der Waals surface area contributed by atoms with Crippen LogP contribution in [0.2, 0.25) is 0 Å². The average Bonchev–Trinajstić information content (AvgIpc) is 2.21. The first kappa shape index (κ1) is 9.44. The van der Waals surface area contributed by atoms with Gasteiger partial charge >= 0.3 is 0 Å². The van der Waals surface area contributed by atoms with Crippen LogP contribution < -0.4 is 0 Å². The predicted octanol–water partition coefficient (Wildman–Crippen LogP) is 2.48. The number of hydrogen-bond donors (Lipinski definition) is 1. The topological polar surface area (TPSA) is 46.0 Å². The fraction of sp³-hybridized carbons (Fsp3) is 0.636. The molecule has 0 bridgehead atoms. The summed E-state index contributed by atoms with van der Waals surface area (Å²) in [4.78, 5) is 8.33. The first-order valence-corrected chi connectivity index (χ1v) is 5.26. The fourth-order valence-electron chi connectivity index (χ4n) is 2.06. The number of hydrogen-bond acceptors (Lipinski definition) is 3. The SMILES string of the molecule is CC1CCC(c2ncc(O)cn2)CC1. The van der Waals surface area contributed by atoms with Crippen molar-refractivity contribution < 1.29 is 5.11 Å². The van der Waals surface area contributed by atoms with Gasteiger partial charge in [0.2, 0.25) is 0 Å². The van der Waals surface area contributed by atoms with Gasteiger partial charge < -0.3 is 5.11 Å². The highest BCUT2D eigenvalue weighted by Crippen LogP contribution is 2.33. The molecular weight excluding hydrogens is 176 g/mol. The monoisotopic (exact) mass is 192 g/mol. The van der Waals surface area contributed by atoms with Crippen LogP contribution in [0.15, 0.2) is 12.4 Å². The smallest absolute Gasteiger partial charge is 0.152 e. The minimum absolute atomic E-state index is 0.151. The zero-order valence-electron chi connectivity index (χ0n) is 8.48. The molecule has 0 amide bonds. The molecule has 1 aliphatic rings. The second kappa shape index (κ2) is 3.95. The lowest BCUT2D eigenvalue weighted by molar-refractivity contribution is 0.338. The second-order valence-corrected chi connectivity index (χ2v) is 4.26. The first-order chi connectivity index (χ1) is 6.75. The summed E-state index contributed by atoms with van der Waals surface area (Å²) in [5.74, 6) is 2.41. The molecule has 0 aliphatic heterocycles. The maximum absolute atomic E-state index is 9.07. The number of nitrogens with zero attached hydrogens (tertiary/aromatic N) is 2. The van der Waals surface area contributed by atoms with Crippen molar-refractivity contribution in [3.63, 3.8) is 0 Å². The number of aromatic hydroxyl groups is 1. The average molecular weight is 192 g/mol. The minimum atomic E-state index is 0.151. The van der Waals surface area contributed by atoms with Crippen molar-refractivity contribution in [3.05, 3.63) is 18.2 Å². The minimum Gasteiger partial charge on any atom is -0.505 e. The van der Waals surface area contributed by atoms with E-state index in [0.717, 1.165) is 11.7 Å². The third-order valence-corrected chi connectivity index (χ3v) is 3.04. The van der Waals surface area contributed by atoms with E-state index in [1.807, 2.05) is 0 Å². The van der Waals surface area contributed by atoms with Crippen molar-refractivity contribution in [1.29, 1.82) is 0 Å². The molecule has 1 aromatic rings. The quantitative estimate of drug-likeness (QED) is 0.743. The normalized spacial score (nSPS) is 27.5. The zero-order chi connectivity index (χ0) is 9.97. The molecular formula is C11H16N2O. The number of aromatic nitrogens is 2. The van der Waals surface area contributed by atoms with E-state index in [1.54, 1.807) is 0 Å². The fourth-order valence-corrected chi connectivity index (χ4v) is 2.06. The summed E-state index contributed by atoms with van der Waals surface area (Å²) in [6.45, 7) is 2.30. The van der Waals surface area contributed by atoms with Crippen molar-refractivity contribution in [3.8, 4) is 5.75 Å². The standard InChI is InChI=1S/C11H16N2O/c1-8-2-4-9(5-3-8)11-12-6-10(14)7-13-11/h6-9,14H,2-5H2,1H3. The Morgan fingerprint density at radius 1 is 1.14 bits per heavy atom. The Morgan fingerprint density at radius 2 is 1.71 bits per heavy atom. The maximum Gasteiger partial charge on any atom is 0.152 e. The van der Waals surface area contributed by atoms with Gasteiger partial charge in [-0.1, -0.05) is 19.8 Å². The summed E-state index contributed by atoms with van der Waals surface area (Å²) in [5.41, 5.74) is 0. The lowest BCUT2D eigenvalue weighted by Gasteiger charge is -2.24. The van der Waals surface area contributed by atoms with Gasteiger partial charge in [-0.25, -0.2) is 9.97 Å². The molecule has 0 saturated heterocycles. The molecule has 14 heavy (non-hydrogen) atoms. The molecule has 0 radical (unpaired) electrons. The van der Waals surface area contributed by atoms with Gasteiger partial charge in [-0.15, -0.1) is 0 Å². The van der Waals surface area contributed by atoms with E-state index in [-0.39, 0.29) is 5.75 Å². The van der Waals surface area contributed by atoms with Gasteiger partial charge in [-0.2, -0.15) is 0 Å². The maximum atomic E-state index is 9.07. The van der Waals surface area contributed by atoms with Crippen molar-refractivity contribution in [2.75, 3.05) is 0 Å². The predicted molar refractivity (Wildman–Crippen MR) is 54.1 cm³/mol. The molecule has 1 fully saturated rings. The molecule has 0 aromatic carbocycles. The zero-order valence-corrected chi connectivity index (χ0v) is 8.48. The van der Waals surface area contributed by atoms with Crippen molar-refractivity contribution >= 4 is 0 Å². The van der Waals surface area contributed by atoms with Gasteiger partial charge in [0, 0.05) is 5.92 Å². The third-order valence-electron chi connectivity index (χ3n) is 3.04. The van der Waals surface area contributed by atoms with Gasteiger partial charge in [0.15, 0.2) is 5.75 Å². The first-order valence-electron chi connectivity index (χ1n) is 5.26. The molecule has 1 heterocycles.